The summed E-state index contributed by atoms with van der Waals surface area (Å²) in [6, 6.07) is 7.89. The summed E-state index contributed by atoms with van der Waals surface area (Å²) in [6.45, 7) is 2.11. The predicted octanol–water partition coefficient (Wildman–Crippen LogP) is 4.03. The van der Waals surface area contributed by atoms with Gasteiger partial charge in [0, 0.05) is 22.7 Å². The standard InChI is InChI=1S/C16H15NO2S/c1-3-10-5-4-6-11-12(9-17-14(10)11)15(18)16-13(19-2)7-8-20-16/h4-9,17H,3H2,1-2H3. The molecule has 0 aliphatic rings. The van der Waals surface area contributed by atoms with Gasteiger partial charge in [-0.2, -0.15) is 0 Å². The molecule has 0 amide bonds. The first kappa shape index (κ1) is 12.9. The molecular formula is C16H15NO2S. The van der Waals surface area contributed by atoms with E-state index in [1.54, 1.807) is 13.3 Å². The molecule has 2 aromatic heterocycles. The lowest BCUT2D eigenvalue weighted by Crippen LogP contribution is -1.99. The number of para-hydroxylation sites is 1. The number of hydrogen-bond donors (Lipinski definition) is 1. The predicted molar refractivity (Wildman–Crippen MR) is 82.0 cm³/mol. The third kappa shape index (κ3) is 1.93. The number of ether oxygens (including phenoxy) is 1. The summed E-state index contributed by atoms with van der Waals surface area (Å²) in [6.07, 6.45) is 2.74. The second kappa shape index (κ2) is 5.13. The Labute approximate surface area is 121 Å². The summed E-state index contributed by atoms with van der Waals surface area (Å²) in [5.41, 5.74) is 2.98. The molecule has 1 N–H and O–H groups in total. The molecule has 2 heterocycles. The number of aromatic nitrogens is 1. The van der Waals surface area contributed by atoms with Crippen LogP contribution < -0.4 is 4.74 Å². The van der Waals surface area contributed by atoms with E-state index in [0.29, 0.717) is 16.2 Å². The highest BCUT2D eigenvalue weighted by Crippen LogP contribution is 2.30. The van der Waals surface area contributed by atoms with Crippen molar-refractivity contribution in [1.29, 1.82) is 0 Å². The number of thiophene rings is 1. The van der Waals surface area contributed by atoms with Gasteiger partial charge in [0.1, 0.15) is 10.6 Å². The Bertz CT molecular complexity index is 770. The van der Waals surface area contributed by atoms with Crippen molar-refractivity contribution in [2.75, 3.05) is 7.11 Å². The average Bonchev–Trinajstić information content (AvgIpc) is 3.12. The lowest BCUT2D eigenvalue weighted by Gasteiger charge is -2.02. The third-order valence-corrected chi connectivity index (χ3v) is 4.38. The number of ketones is 1. The molecule has 0 radical (unpaired) electrons. The number of rotatable bonds is 4. The van der Waals surface area contributed by atoms with Crippen LogP contribution in [-0.4, -0.2) is 17.9 Å². The number of carbonyl (C=O) groups excluding carboxylic acids is 1. The normalized spacial score (nSPS) is 10.9. The van der Waals surface area contributed by atoms with Crippen LogP contribution in [0.3, 0.4) is 0 Å². The minimum atomic E-state index is 0.0105. The van der Waals surface area contributed by atoms with Crippen LogP contribution in [0.5, 0.6) is 5.75 Å². The van der Waals surface area contributed by atoms with Crippen LogP contribution in [0.4, 0.5) is 0 Å². The summed E-state index contributed by atoms with van der Waals surface area (Å²) in [4.78, 5) is 16.6. The lowest BCUT2D eigenvalue weighted by atomic mass is 10.0. The highest BCUT2D eigenvalue weighted by Gasteiger charge is 2.19. The molecule has 3 rings (SSSR count). The molecule has 0 spiro atoms. The van der Waals surface area contributed by atoms with Gasteiger partial charge in [0.2, 0.25) is 5.78 Å². The van der Waals surface area contributed by atoms with Gasteiger partial charge in [-0.15, -0.1) is 11.3 Å². The maximum atomic E-state index is 12.7. The molecule has 0 unspecified atom stereocenters. The Morgan fingerprint density at radius 2 is 2.20 bits per heavy atom. The van der Waals surface area contributed by atoms with Gasteiger partial charge < -0.3 is 9.72 Å². The Hall–Kier alpha value is -2.07. The summed E-state index contributed by atoms with van der Waals surface area (Å²) >= 11 is 1.41. The van der Waals surface area contributed by atoms with Gasteiger partial charge in [-0.3, -0.25) is 4.79 Å². The maximum absolute atomic E-state index is 12.7. The molecular weight excluding hydrogens is 270 g/mol. The summed E-state index contributed by atoms with van der Waals surface area (Å²) in [5.74, 6) is 0.650. The first-order valence-corrected chi connectivity index (χ1v) is 7.39. The number of methoxy groups -OCH3 is 1. The molecule has 3 aromatic rings. The lowest BCUT2D eigenvalue weighted by molar-refractivity contribution is 0.104. The van der Waals surface area contributed by atoms with E-state index in [9.17, 15) is 4.79 Å². The smallest absolute Gasteiger partial charge is 0.208 e. The summed E-state index contributed by atoms with van der Waals surface area (Å²) < 4.78 is 5.24. The van der Waals surface area contributed by atoms with Crippen LogP contribution in [0.25, 0.3) is 10.9 Å². The van der Waals surface area contributed by atoms with Gasteiger partial charge in [0.05, 0.1) is 7.11 Å². The first-order chi connectivity index (χ1) is 9.76. The van der Waals surface area contributed by atoms with Crippen molar-refractivity contribution in [3.05, 3.63) is 51.8 Å². The average molecular weight is 285 g/mol. The zero-order chi connectivity index (χ0) is 14.1. The molecule has 4 heteroatoms. The van der Waals surface area contributed by atoms with Gasteiger partial charge >= 0.3 is 0 Å². The second-order valence-corrected chi connectivity index (χ2v) is 5.46. The maximum Gasteiger partial charge on any atom is 0.208 e. The van der Waals surface area contributed by atoms with E-state index in [4.69, 9.17) is 4.74 Å². The zero-order valence-corrected chi connectivity index (χ0v) is 12.2. The molecule has 3 nitrogen and oxygen atoms in total. The summed E-state index contributed by atoms with van der Waals surface area (Å²) in [7, 11) is 1.59. The molecule has 0 atom stereocenters. The van der Waals surface area contributed by atoms with Crippen molar-refractivity contribution >= 4 is 28.0 Å². The molecule has 20 heavy (non-hydrogen) atoms. The van der Waals surface area contributed by atoms with Crippen molar-refractivity contribution in [3.8, 4) is 5.75 Å². The Morgan fingerprint density at radius 1 is 1.35 bits per heavy atom. The second-order valence-electron chi connectivity index (χ2n) is 4.54. The molecule has 0 saturated heterocycles. The van der Waals surface area contributed by atoms with Gasteiger partial charge in [-0.1, -0.05) is 25.1 Å². The Balaban J connectivity index is 2.13. The monoisotopic (exact) mass is 285 g/mol. The number of fused-ring (bicyclic) bond motifs is 1. The van der Waals surface area contributed by atoms with Crippen LogP contribution in [-0.2, 0) is 6.42 Å². The highest BCUT2D eigenvalue weighted by molar-refractivity contribution is 7.12. The van der Waals surface area contributed by atoms with Gasteiger partial charge in [-0.25, -0.2) is 0 Å². The highest BCUT2D eigenvalue weighted by atomic mass is 32.1. The van der Waals surface area contributed by atoms with Crippen LogP contribution in [0.2, 0.25) is 0 Å². The van der Waals surface area contributed by atoms with E-state index in [1.807, 2.05) is 23.6 Å². The number of nitrogens with one attached hydrogen (secondary N) is 1. The SMILES string of the molecule is CCc1cccc2c(C(=O)c3sccc3OC)c[nH]c12. The molecule has 0 saturated carbocycles. The van der Waals surface area contributed by atoms with Gasteiger partial charge in [0.15, 0.2) is 0 Å². The largest absolute Gasteiger partial charge is 0.495 e. The minimum absolute atomic E-state index is 0.0105. The van der Waals surface area contributed by atoms with E-state index in [0.717, 1.165) is 17.3 Å². The number of carbonyl (C=O) groups is 1. The number of H-pyrrole nitrogens is 1. The van der Waals surface area contributed by atoms with E-state index < -0.39 is 0 Å². The Morgan fingerprint density at radius 3 is 2.95 bits per heavy atom. The fraction of sp³-hybridized carbons (Fsp3) is 0.188. The molecule has 0 aliphatic heterocycles. The van der Waals surface area contributed by atoms with Crippen LogP contribution in [0.15, 0.2) is 35.8 Å². The van der Waals surface area contributed by atoms with E-state index in [1.165, 1.54) is 16.9 Å². The molecule has 102 valence electrons. The Kier molecular flexibility index (Phi) is 3.32. The molecule has 1 aromatic carbocycles. The van der Waals surface area contributed by atoms with Crippen molar-refractivity contribution in [2.24, 2.45) is 0 Å². The number of aryl methyl sites for hydroxylation is 1. The van der Waals surface area contributed by atoms with Crippen LogP contribution >= 0.6 is 11.3 Å². The van der Waals surface area contributed by atoms with Crippen molar-refractivity contribution in [2.45, 2.75) is 13.3 Å². The van der Waals surface area contributed by atoms with E-state index >= 15 is 0 Å². The zero-order valence-electron chi connectivity index (χ0n) is 11.4. The third-order valence-electron chi connectivity index (χ3n) is 3.48. The van der Waals surface area contributed by atoms with Crippen LogP contribution in [0, 0.1) is 0 Å². The van der Waals surface area contributed by atoms with Gasteiger partial charge in [-0.05, 0) is 23.4 Å². The van der Waals surface area contributed by atoms with Crippen molar-refractivity contribution in [1.82, 2.24) is 4.98 Å². The van der Waals surface area contributed by atoms with Crippen LogP contribution in [0.1, 0.15) is 27.7 Å². The fourth-order valence-corrected chi connectivity index (χ4v) is 3.26. The van der Waals surface area contributed by atoms with Crippen molar-refractivity contribution in [3.63, 3.8) is 0 Å². The fourth-order valence-electron chi connectivity index (χ4n) is 2.45. The van der Waals surface area contributed by atoms with Crippen molar-refractivity contribution < 1.29 is 9.53 Å². The number of benzene rings is 1. The number of hydrogen-bond acceptors (Lipinski definition) is 3. The van der Waals surface area contributed by atoms with E-state index in [-0.39, 0.29) is 5.78 Å². The quantitative estimate of drug-likeness (QED) is 0.735. The molecule has 0 bridgehead atoms. The van der Waals surface area contributed by atoms with Gasteiger partial charge in [0.25, 0.3) is 0 Å². The topological polar surface area (TPSA) is 42.1 Å². The van der Waals surface area contributed by atoms with E-state index in [2.05, 4.69) is 18.0 Å². The number of aromatic amines is 1. The molecule has 0 fully saturated rings. The molecule has 0 aliphatic carbocycles. The first-order valence-electron chi connectivity index (χ1n) is 6.51. The summed E-state index contributed by atoms with van der Waals surface area (Å²) in [5, 5.41) is 2.85. The minimum Gasteiger partial charge on any atom is -0.495 e.